The van der Waals surface area contributed by atoms with Gasteiger partial charge in [0.05, 0.1) is 24.6 Å². The number of benzene rings is 1. The van der Waals surface area contributed by atoms with Crippen LogP contribution in [0.15, 0.2) is 78.7 Å². The number of amides is 1. The molecular formula is C28H33N3O8S2. The Bertz CT molecular complexity index is 1520. The fourth-order valence-corrected chi connectivity index (χ4v) is 5.90. The first-order chi connectivity index (χ1) is 19.5. The monoisotopic (exact) mass is 603 g/mol. The van der Waals surface area contributed by atoms with Crippen molar-refractivity contribution in [3.8, 4) is 17.4 Å². The lowest BCUT2D eigenvalue weighted by molar-refractivity contribution is -0.120. The molecule has 1 amide bonds. The molecule has 41 heavy (non-hydrogen) atoms. The SMILES string of the molecule is C=C1CC[C@@H](Oc2ccc(C3CC(=O)NS(=O)(=O)N3)cc2)C/C=C\C=C1Oc1ccc(OCCCS(C)(=O)=O)nc1. The maximum absolute atomic E-state index is 11.8. The minimum Gasteiger partial charge on any atom is -0.490 e. The second-order valence-electron chi connectivity index (χ2n) is 9.82. The zero-order valence-corrected chi connectivity index (χ0v) is 24.2. The maximum atomic E-state index is 11.8. The summed E-state index contributed by atoms with van der Waals surface area (Å²) in [5, 5.41) is 0. The van der Waals surface area contributed by atoms with Gasteiger partial charge in [-0.05, 0) is 54.7 Å². The fourth-order valence-electron chi connectivity index (χ4n) is 4.22. The Morgan fingerprint density at radius 1 is 1.12 bits per heavy atom. The van der Waals surface area contributed by atoms with Crippen molar-refractivity contribution in [1.82, 2.24) is 14.4 Å². The Hall–Kier alpha value is -3.68. The van der Waals surface area contributed by atoms with Crippen LogP contribution in [0.3, 0.4) is 0 Å². The van der Waals surface area contributed by atoms with Gasteiger partial charge < -0.3 is 14.2 Å². The van der Waals surface area contributed by atoms with Crippen molar-refractivity contribution >= 4 is 26.0 Å². The third-order valence-corrected chi connectivity index (χ3v) is 8.39. The van der Waals surface area contributed by atoms with Crippen LogP contribution in [0.2, 0.25) is 0 Å². The van der Waals surface area contributed by atoms with Gasteiger partial charge in [-0.1, -0.05) is 30.9 Å². The molecule has 4 rings (SSSR count). The Labute approximate surface area is 240 Å². The number of nitrogens with zero attached hydrogens (tertiary/aromatic N) is 1. The van der Waals surface area contributed by atoms with Crippen molar-refractivity contribution < 1.29 is 35.8 Å². The Balaban J connectivity index is 1.28. The molecular weight excluding hydrogens is 570 g/mol. The summed E-state index contributed by atoms with van der Waals surface area (Å²) >= 11 is 0. The van der Waals surface area contributed by atoms with Gasteiger partial charge in [0, 0.05) is 25.2 Å². The van der Waals surface area contributed by atoms with Gasteiger partial charge >= 0.3 is 10.2 Å². The molecule has 2 heterocycles. The van der Waals surface area contributed by atoms with E-state index in [1.807, 2.05) is 23.0 Å². The molecule has 1 aromatic heterocycles. The summed E-state index contributed by atoms with van der Waals surface area (Å²) in [6.45, 7) is 4.43. The molecule has 2 N–H and O–H groups in total. The van der Waals surface area contributed by atoms with E-state index in [0.29, 0.717) is 54.4 Å². The van der Waals surface area contributed by atoms with E-state index in [1.165, 1.54) is 12.5 Å². The summed E-state index contributed by atoms with van der Waals surface area (Å²) in [6, 6.07) is 9.78. The zero-order valence-electron chi connectivity index (χ0n) is 22.6. The van der Waals surface area contributed by atoms with Crippen molar-refractivity contribution in [2.75, 3.05) is 18.6 Å². The van der Waals surface area contributed by atoms with Crippen LogP contribution in [0, 0.1) is 0 Å². The fraction of sp³-hybridized carbons (Fsp3) is 0.357. The minimum absolute atomic E-state index is 0.0215. The van der Waals surface area contributed by atoms with E-state index >= 15 is 0 Å². The predicted octanol–water partition coefficient (Wildman–Crippen LogP) is 3.30. The number of hydrogen-bond donors (Lipinski definition) is 2. The highest BCUT2D eigenvalue weighted by molar-refractivity contribution is 7.90. The molecule has 2 atom stereocenters. The standard InChI is InChI=1S/C28H33N3O8S2/c1-20-8-11-22(38-23-12-9-21(10-13-23)25-18-27(32)31-41(35,36)30-25)6-3-4-7-26(20)39-24-14-15-28(29-19-24)37-16-5-17-40(2,33)34/h3-4,7,9-10,12-15,19,22,25,30H,1,5-6,8,11,16-18H2,2H3,(H,31,32)/b4-3-,26-7?/t22-,25?/m0/s1. The number of pyridine rings is 1. The van der Waals surface area contributed by atoms with E-state index in [4.69, 9.17) is 14.2 Å². The van der Waals surface area contributed by atoms with Crippen LogP contribution in [-0.4, -0.2) is 52.4 Å². The average Bonchev–Trinajstić information content (AvgIpc) is 2.98. The quantitative estimate of drug-likeness (QED) is 0.390. The van der Waals surface area contributed by atoms with Gasteiger partial charge in [0.25, 0.3) is 0 Å². The Kier molecular flexibility index (Phi) is 9.84. The third-order valence-electron chi connectivity index (χ3n) is 6.27. The van der Waals surface area contributed by atoms with E-state index in [1.54, 1.807) is 36.4 Å². The summed E-state index contributed by atoms with van der Waals surface area (Å²) in [6.07, 6.45) is 10.7. The number of sulfone groups is 1. The number of rotatable bonds is 10. The van der Waals surface area contributed by atoms with Gasteiger partial charge in [-0.2, -0.15) is 13.1 Å². The number of carbonyl (C=O) groups excluding carboxylic acids is 1. The van der Waals surface area contributed by atoms with Crippen molar-refractivity contribution in [3.63, 3.8) is 0 Å². The predicted molar refractivity (Wildman–Crippen MR) is 153 cm³/mol. The highest BCUT2D eigenvalue weighted by Gasteiger charge is 2.29. The molecule has 0 spiro atoms. The van der Waals surface area contributed by atoms with E-state index in [2.05, 4.69) is 16.3 Å². The van der Waals surface area contributed by atoms with Gasteiger partial charge in [0.2, 0.25) is 11.8 Å². The summed E-state index contributed by atoms with van der Waals surface area (Å²) in [5.74, 6) is 1.64. The Morgan fingerprint density at radius 3 is 2.56 bits per heavy atom. The third kappa shape index (κ3) is 9.73. The van der Waals surface area contributed by atoms with Crippen molar-refractivity contribution in [2.24, 2.45) is 0 Å². The number of hydrogen-bond acceptors (Lipinski definition) is 9. The topological polar surface area (TPSA) is 150 Å². The summed E-state index contributed by atoms with van der Waals surface area (Å²) in [4.78, 5) is 15.9. The minimum atomic E-state index is -3.85. The molecule has 1 aliphatic carbocycles. The van der Waals surface area contributed by atoms with E-state index < -0.39 is 32.0 Å². The van der Waals surface area contributed by atoms with Crippen molar-refractivity contribution in [3.05, 3.63) is 84.3 Å². The molecule has 0 radical (unpaired) electrons. The number of ether oxygens (including phenoxy) is 3. The lowest BCUT2D eigenvalue weighted by Gasteiger charge is -2.24. The molecule has 13 heteroatoms. The molecule has 11 nitrogen and oxygen atoms in total. The molecule has 2 aliphatic rings. The van der Waals surface area contributed by atoms with Gasteiger partial charge in [-0.15, -0.1) is 0 Å². The zero-order chi connectivity index (χ0) is 29.5. The number of carbonyl (C=O) groups is 1. The molecule has 220 valence electrons. The average molecular weight is 604 g/mol. The van der Waals surface area contributed by atoms with Crippen LogP contribution in [0.1, 0.15) is 43.7 Å². The summed E-state index contributed by atoms with van der Waals surface area (Å²) in [5.41, 5.74) is 1.47. The number of allylic oxidation sites excluding steroid dienone is 3. The highest BCUT2D eigenvalue weighted by Crippen LogP contribution is 2.27. The normalized spacial score (nSPS) is 21.8. The molecule has 1 fully saturated rings. The molecule has 2 aromatic rings. The van der Waals surface area contributed by atoms with Crippen LogP contribution >= 0.6 is 0 Å². The van der Waals surface area contributed by atoms with Crippen LogP contribution in [0.4, 0.5) is 0 Å². The lowest BCUT2D eigenvalue weighted by atomic mass is 10.0. The molecule has 1 aliphatic heterocycles. The summed E-state index contributed by atoms with van der Waals surface area (Å²) in [7, 11) is -6.87. The molecule has 1 aromatic carbocycles. The van der Waals surface area contributed by atoms with Gasteiger partial charge in [0.1, 0.15) is 33.2 Å². The van der Waals surface area contributed by atoms with Gasteiger partial charge in [-0.25, -0.2) is 18.1 Å². The smallest absolute Gasteiger partial charge is 0.301 e. The number of aromatic nitrogens is 1. The van der Waals surface area contributed by atoms with Gasteiger partial charge in [0.15, 0.2) is 0 Å². The van der Waals surface area contributed by atoms with E-state index in [-0.39, 0.29) is 24.9 Å². The van der Waals surface area contributed by atoms with Crippen LogP contribution < -0.4 is 23.7 Å². The molecule has 0 saturated carbocycles. The largest absolute Gasteiger partial charge is 0.490 e. The lowest BCUT2D eigenvalue weighted by Crippen LogP contribution is -2.48. The van der Waals surface area contributed by atoms with E-state index in [0.717, 1.165) is 5.57 Å². The van der Waals surface area contributed by atoms with Crippen LogP contribution in [0.5, 0.6) is 17.4 Å². The first-order valence-electron chi connectivity index (χ1n) is 13.0. The summed E-state index contributed by atoms with van der Waals surface area (Å²) < 4.78 is 68.1. The highest BCUT2D eigenvalue weighted by atomic mass is 32.2. The second-order valence-corrected chi connectivity index (χ2v) is 13.5. The van der Waals surface area contributed by atoms with Crippen molar-refractivity contribution in [2.45, 2.75) is 44.2 Å². The van der Waals surface area contributed by atoms with Gasteiger partial charge in [-0.3, -0.25) is 4.79 Å². The second kappa shape index (κ2) is 13.3. The maximum Gasteiger partial charge on any atom is 0.301 e. The van der Waals surface area contributed by atoms with Crippen molar-refractivity contribution in [1.29, 1.82) is 0 Å². The first kappa shape index (κ1) is 30.3. The molecule has 1 unspecified atom stereocenters. The Morgan fingerprint density at radius 2 is 1.88 bits per heavy atom. The number of nitrogens with one attached hydrogen (secondary N) is 2. The molecule has 1 saturated heterocycles. The molecule has 0 bridgehead atoms. The van der Waals surface area contributed by atoms with Crippen LogP contribution in [0.25, 0.3) is 0 Å². The van der Waals surface area contributed by atoms with E-state index in [9.17, 15) is 21.6 Å². The first-order valence-corrected chi connectivity index (χ1v) is 16.6. The van der Waals surface area contributed by atoms with Crippen LogP contribution in [-0.2, 0) is 24.8 Å².